The van der Waals surface area contributed by atoms with Gasteiger partial charge in [0.15, 0.2) is 0 Å². The predicted molar refractivity (Wildman–Crippen MR) is 122 cm³/mol. The molecule has 2 aromatic carbocycles. The van der Waals surface area contributed by atoms with Gasteiger partial charge in [0.2, 0.25) is 0 Å². The normalized spacial score (nSPS) is 14.3. The van der Waals surface area contributed by atoms with Gasteiger partial charge in [-0.25, -0.2) is 14.4 Å². The maximum absolute atomic E-state index is 13.9. The van der Waals surface area contributed by atoms with E-state index >= 15 is 0 Å². The van der Waals surface area contributed by atoms with Crippen LogP contribution in [-0.2, 0) is 10.9 Å². The molecule has 2 N–H and O–H groups in total. The highest BCUT2D eigenvalue weighted by Crippen LogP contribution is 2.38. The minimum atomic E-state index is -4.72. The van der Waals surface area contributed by atoms with Gasteiger partial charge in [0.1, 0.15) is 23.0 Å². The summed E-state index contributed by atoms with van der Waals surface area (Å²) in [6.45, 7) is 2.16. The Hall–Kier alpha value is -3.99. The number of fused-ring (bicyclic) bond motifs is 1. The van der Waals surface area contributed by atoms with Gasteiger partial charge in [-0.05, 0) is 42.5 Å². The van der Waals surface area contributed by atoms with Crippen molar-refractivity contribution >= 4 is 28.4 Å². The van der Waals surface area contributed by atoms with Crippen LogP contribution in [0.3, 0.4) is 0 Å². The topological polar surface area (TPSA) is 83.1 Å². The SMILES string of the molecule is O=C(Nc1ccccn1)c1cc(N2CCOCC2)cc2[nH]c(-c3cc(F)ccc3C(F)(F)F)nc12. The Labute approximate surface area is 196 Å². The number of anilines is 2. The average molecular weight is 485 g/mol. The molecule has 1 saturated heterocycles. The molecular weight excluding hydrogens is 466 g/mol. The number of hydrogen-bond acceptors (Lipinski definition) is 5. The number of rotatable bonds is 4. The lowest BCUT2D eigenvalue weighted by molar-refractivity contribution is -0.137. The highest BCUT2D eigenvalue weighted by atomic mass is 19.4. The summed E-state index contributed by atoms with van der Waals surface area (Å²) < 4.78 is 60.2. The molecule has 1 fully saturated rings. The summed E-state index contributed by atoms with van der Waals surface area (Å²) in [5.74, 6) is -1.26. The molecule has 0 radical (unpaired) electrons. The van der Waals surface area contributed by atoms with Crippen molar-refractivity contribution in [3.63, 3.8) is 0 Å². The summed E-state index contributed by atoms with van der Waals surface area (Å²) in [4.78, 5) is 26.4. The Bertz CT molecular complexity index is 1380. The van der Waals surface area contributed by atoms with Gasteiger partial charge in [0.05, 0.1) is 29.9 Å². The number of pyridine rings is 1. The number of hydrogen-bond donors (Lipinski definition) is 2. The van der Waals surface area contributed by atoms with Crippen molar-refractivity contribution in [3.05, 3.63) is 71.7 Å². The Morgan fingerprint density at radius 3 is 2.60 bits per heavy atom. The quantitative estimate of drug-likeness (QED) is 0.403. The maximum atomic E-state index is 13.9. The zero-order chi connectivity index (χ0) is 24.6. The van der Waals surface area contributed by atoms with Gasteiger partial charge in [0.25, 0.3) is 5.91 Å². The number of imidazole rings is 1. The number of alkyl halides is 3. The van der Waals surface area contributed by atoms with Crippen LogP contribution in [0.5, 0.6) is 0 Å². The van der Waals surface area contributed by atoms with Gasteiger partial charge >= 0.3 is 6.18 Å². The molecule has 0 unspecified atom stereocenters. The van der Waals surface area contributed by atoms with Gasteiger partial charge in [-0.1, -0.05) is 6.07 Å². The fourth-order valence-electron chi connectivity index (χ4n) is 3.99. The lowest BCUT2D eigenvalue weighted by atomic mass is 10.1. The third-order valence-electron chi connectivity index (χ3n) is 5.64. The minimum Gasteiger partial charge on any atom is -0.378 e. The summed E-state index contributed by atoms with van der Waals surface area (Å²) in [5.41, 5.74) is -0.168. The van der Waals surface area contributed by atoms with Crippen LogP contribution in [0, 0.1) is 5.82 Å². The molecule has 0 bridgehead atoms. The zero-order valence-electron chi connectivity index (χ0n) is 18.2. The minimum absolute atomic E-state index is 0.141. The molecule has 3 heterocycles. The first-order chi connectivity index (χ1) is 16.8. The number of amides is 1. The first-order valence-corrected chi connectivity index (χ1v) is 10.8. The fraction of sp³-hybridized carbons (Fsp3) is 0.208. The summed E-state index contributed by atoms with van der Waals surface area (Å²) >= 11 is 0. The van der Waals surface area contributed by atoms with Gasteiger partial charge in [-0.3, -0.25) is 4.79 Å². The second-order valence-electron chi connectivity index (χ2n) is 7.93. The number of ether oxygens (including phenoxy) is 1. The molecule has 11 heteroatoms. The third-order valence-corrected chi connectivity index (χ3v) is 5.64. The van der Waals surface area contributed by atoms with Gasteiger partial charge < -0.3 is 19.9 Å². The van der Waals surface area contributed by atoms with Crippen molar-refractivity contribution in [3.8, 4) is 11.4 Å². The van der Waals surface area contributed by atoms with Crippen molar-refractivity contribution in [2.75, 3.05) is 36.5 Å². The van der Waals surface area contributed by atoms with E-state index in [0.717, 1.165) is 12.1 Å². The van der Waals surface area contributed by atoms with Crippen LogP contribution >= 0.6 is 0 Å². The van der Waals surface area contributed by atoms with Crippen molar-refractivity contribution < 1.29 is 27.1 Å². The highest BCUT2D eigenvalue weighted by molar-refractivity contribution is 6.12. The van der Waals surface area contributed by atoms with Crippen LogP contribution in [0.15, 0.2) is 54.7 Å². The van der Waals surface area contributed by atoms with E-state index in [4.69, 9.17) is 4.74 Å². The zero-order valence-corrected chi connectivity index (χ0v) is 18.2. The molecular formula is C24H19F4N5O2. The third kappa shape index (κ3) is 4.67. The van der Waals surface area contributed by atoms with E-state index in [-0.39, 0.29) is 16.9 Å². The molecule has 1 aliphatic rings. The first kappa shape index (κ1) is 22.8. The molecule has 1 amide bonds. The van der Waals surface area contributed by atoms with E-state index < -0.39 is 29.0 Å². The Kier molecular flexibility index (Phi) is 5.85. The summed E-state index contributed by atoms with van der Waals surface area (Å²) in [6.07, 6.45) is -3.20. The van der Waals surface area contributed by atoms with E-state index in [2.05, 4.69) is 20.3 Å². The van der Waals surface area contributed by atoms with Gasteiger partial charge in [-0.15, -0.1) is 0 Å². The van der Waals surface area contributed by atoms with Crippen LogP contribution in [0.1, 0.15) is 15.9 Å². The molecule has 0 atom stereocenters. The van der Waals surface area contributed by atoms with Gasteiger partial charge in [-0.2, -0.15) is 13.2 Å². The van der Waals surface area contributed by atoms with E-state index in [1.165, 1.54) is 6.20 Å². The lowest BCUT2D eigenvalue weighted by Crippen LogP contribution is -2.36. The molecule has 7 nitrogen and oxygen atoms in total. The molecule has 180 valence electrons. The van der Waals surface area contributed by atoms with Crippen molar-refractivity contribution in [1.82, 2.24) is 15.0 Å². The maximum Gasteiger partial charge on any atom is 0.417 e. The molecule has 1 aliphatic heterocycles. The van der Waals surface area contributed by atoms with E-state index in [1.54, 1.807) is 30.3 Å². The Balaban J connectivity index is 1.65. The van der Waals surface area contributed by atoms with Crippen LogP contribution in [0.2, 0.25) is 0 Å². The molecule has 0 spiro atoms. The number of nitrogens with one attached hydrogen (secondary N) is 2. The number of morpholine rings is 1. The summed E-state index contributed by atoms with van der Waals surface area (Å²) in [5, 5.41) is 2.69. The lowest BCUT2D eigenvalue weighted by Gasteiger charge is -2.29. The summed E-state index contributed by atoms with van der Waals surface area (Å²) in [6, 6.07) is 10.6. The highest BCUT2D eigenvalue weighted by Gasteiger charge is 2.35. The monoisotopic (exact) mass is 485 g/mol. The second kappa shape index (κ2) is 8.99. The fourth-order valence-corrected chi connectivity index (χ4v) is 3.99. The molecule has 35 heavy (non-hydrogen) atoms. The number of carbonyl (C=O) groups is 1. The van der Waals surface area contributed by atoms with Crippen LogP contribution < -0.4 is 10.2 Å². The number of halogens is 4. The van der Waals surface area contributed by atoms with Crippen LogP contribution in [0.4, 0.5) is 29.1 Å². The smallest absolute Gasteiger partial charge is 0.378 e. The average Bonchev–Trinajstić information content (AvgIpc) is 3.28. The number of carbonyl (C=O) groups excluding carboxylic acids is 1. The number of aromatic amines is 1. The molecule has 0 saturated carbocycles. The second-order valence-corrected chi connectivity index (χ2v) is 7.93. The standard InChI is InChI=1S/C24H19F4N5O2/c25-14-4-5-18(24(26,27)28)16(11-14)22-30-19-13-15(33-7-9-35-10-8-33)12-17(21(19)32-22)23(34)31-20-3-1-2-6-29-20/h1-6,11-13H,7-10H2,(H,30,32)(H,29,31,34). The predicted octanol–water partition coefficient (Wildman–Crippen LogP) is 4.87. The van der Waals surface area contributed by atoms with E-state index in [9.17, 15) is 22.4 Å². The summed E-state index contributed by atoms with van der Waals surface area (Å²) in [7, 11) is 0. The van der Waals surface area contributed by atoms with Gasteiger partial charge in [0, 0.05) is 30.5 Å². The van der Waals surface area contributed by atoms with Crippen molar-refractivity contribution in [1.29, 1.82) is 0 Å². The Morgan fingerprint density at radius 1 is 1.09 bits per heavy atom. The van der Waals surface area contributed by atoms with E-state index in [1.807, 2.05) is 4.90 Å². The molecule has 4 aromatic rings. The first-order valence-electron chi connectivity index (χ1n) is 10.8. The van der Waals surface area contributed by atoms with Crippen LogP contribution in [0.25, 0.3) is 22.4 Å². The number of benzene rings is 2. The molecule has 0 aliphatic carbocycles. The van der Waals surface area contributed by atoms with Crippen LogP contribution in [-0.4, -0.2) is 47.2 Å². The van der Waals surface area contributed by atoms with Crippen molar-refractivity contribution in [2.24, 2.45) is 0 Å². The molecule has 2 aromatic heterocycles. The largest absolute Gasteiger partial charge is 0.417 e. The number of H-pyrrole nitrogens is 1. The Morgan fingerprint density at radius 2 is 1.89 bits per heavy atom. The van der Waals surface area contributed by atoms with E-state index in [0.29, 0.717) is 49.4 Å². The molecule has 5 rings (SSSR count). The van der Waals surface area contributed by atoms with Crippen molar-refractivity contribution in [2.45, 2.75) is 6.18 Å². The number of aromatic nitrogens is 3. The number of nitrogens with zero attached hydrogens (tertiary/aromatic N) is 3.